The average molecular weight is 427 g/mol. The highest BCUT2D eigenvalue weighted by Gasteiger charge is 2.42. The van der Waals surface area contributed by atoms with Gasteiger partial charge in [0.1, 0.15) is 17.1 Å². The molecule has 2 rings (SSSR count). The Hall–Kier alpha value is -3.06. The van der Waals surface area contributed by atoms with E-state index in [0.717, 1.165) is 13.1 Å². The second-order valence-corrected chi connectivity index (χ2v) is 7.10. The van der Waals surface area contributed by atoms with Crippen molar-refractivity contribution in [3.05, 3.63) is 72.4 Å². The van der Waals surface area contributed by atoms with Gasteiger partial charge < -0.3 is 10.1 Å². The number of nitrogens with one attached hydrogen (secondary N) is 1. The van der Waals surface area contributed by atoms with Gasteiger partial charge in [-0.25, -0.2) is 14.2 Å². The van der Waals surface area contributed by atoms with E-state index in [0.29, 0.717) is 34.9 Å². The van der Waals surface area contributed by atoms with Gasteiger partial charge in [-0.3, -0.25) is 9.89 Å². The summed E-state index contributed by atoms with van der Waals surface area (Å²) in [5.41, 5.74) is 1.09. The number of likely N-dealkylation sites (N-methyl/N-ethyl adjacent to an activating group) is 1. The van der Waals surface area contributed by atoms with Crippen molar-refractivity contribution in [2.24, 2.45) is 9.98 Å². The Kier molecular flexibility index (Phi) is 8.45. The predicted octanol–water partition coefficient (Wildman–Crippen LogP) is 3.97. The fraction of sp³-hybridized carbons (Fsp3) is 0.375. The molecule has 0 saturated carbocycles. The smallest absolute Gasteiger partial charge is 0.338 e. The molecule has 0 fully saturated rings. The number of carbonyl (C=O) groups is 1. The molecule has 1 N–H and O–H groups in total. The first-order chi connectivity index (χ1) is 14.8. The molecule has 0 amide bonds. The summed E-state index contributed by atoms with van der Waals surface area (Å²) >= 11 is 0. The molecule has 166 valence electrons. The Bertz CT molecular complexity index is 914. The standard InChI is InChI=1S/C24H31FN4O2/c1-7-19(26-8-2)22-27-20(16-29(9-3)10-4)21(23(30)31-11-5)24(6,28-22)17-12-14-18(25)15-13-17/h7-8,12-15H,1-2,9-11,16H2,3-6H3,(H,27,28). The van der Waals surface area contributed by atoms with Crippen molar-refractivity contribution >= 4 is 17.5 Å². The van der Waals surface area contributed by atoms with Crippen molar-refractivity contribution in [1.82, 2.24) is 10.2 Å². The van der Waals surface area contributed by atoms with Crippen LogP contribution >= 0.6 is 0 Å². The second kappa shape index (κ2) is 10.8. The topological polar surface area (TPSA) is 66.3 Å². The molecule has 1 aliphatic heterocycles. The lowest BCUT2D eigenvalue weighted by molar-refractivity contribution is -0.139. The third-order valence-electron chi connectivity index (χ3n) is 5.22. The highest BCUT2D eigenvalue weighted by Crippen LogP contribution is 2.38. The first-order valence-corrected chi connectivity index (χ1v) is 10.4. The summed E-state index contributed by atoms with van der Waals surface area (Å²) < 4.78 is 19.1. The number of hydrogen-bond donors (Lipinski definition) is 1. The second-order valence-electron chi connectivity index (χ2n) is 7.10. The maximum Gasteiger partial charge on any atom is 0.338 e. The van der Waals surface area contributed by atoms with Crippen molar-refractivity contribution in [3.63, 3.8) is 0 Å². The lowest BCUT2D eigenvalue weighted by atomic mass is 9.82. The summed E-state index contributed by atoms with van der Waals surface area (Å²) in [6.45, 7) is 17.5. The van der Waals surface area contributed by atoms with E-state index in [-0.39, 0.29) is 12.4 Å². The molecule has 0 spiro atoms. The van der Waals surface area contributed by atoms with Gasteiger partial charge in [0, 0.05) is 18.4 Å². The van der Waals surface area contributed by atoms with E-state index >= 15 is 0 Å². The minimum absolute atomic E-state index is 0.229. The van der Waals surface area contributed by atoms with Gasteiger partial charge in [-0.05, 0) is 50.7 Å². The Morgan fingerprint density at radius 2 is 1.90 bits per heavy atom. The molecule has 1 heterocycles. The van der Waals surface area contributed by atoms with E-state index in [1.807, 2.05) is 6.92 Å². The zero-order valence-electron chi connectivity index (χ0n) is 18.7. The highest BCUT2D eigenvalue weighted by atomic mass is 19.1. The Balaban J connectivity index is 2.79. The van der Waals surface area contributed by atoms with Crippen molar-refractivity contribution in [2.45, 2.75) is 33.2 Å². The number of amidine groups is 1. The lowest BCUT2D eigenvalue weighted by Gasteiger charge is -2.36. The molecule has 1 atom stereocenters. The number of halogens is 1. The minimum Gasteiger partial charge on any atom is -0.463 e. The number of rotatable bonds is 10. The van der Waals surface area contributed by atoms with Crippen LogP contribution in [0, 0.1) is 5.82 Å². The summed E-state index contributed by atoms with van der Waals surface area (Å²) in [6.07, 6.45) is 2.98. The summed E-state index contributed by atoms with van der Waals surface area (Å²) in [5.74, 6) is -0.375. The van der Waals surface area contributed by atoms with Gasteiger partial charge in [-0.2, -0.15) is 0 Å². The number of carbonyl (C=O) groups excluding carboxylic acids is 1. The van der Waals surface area contributed by atoms with E-state index in [4.69, 9.17) is 9.73 Å². The van der Waals surface area contributed by atoms with Gasteiger partial charge >= 0.3 is 5.97 Å². The van der Waals surface area contributed by atoms with Crippen LogP contribution in [0.25, 0.3) is 0 Å². The van der Waals surface area contributed by atoms with Crippen LogP contribution in [0.4, 0.5) is 4.39 Å². The molecule has 6 nitrogen and oxygen atoms in total. The van der Waals surface area contributed by atoms with Crippen LogP contribution in [0.3, 0.4) is 0 Å². The fourth-order valence-electron chi connectivity index (χ4n) is 3.53. The molecule has 0 radical (unpaired) electrons. The predicted molar refractivity (Wildman–Crippen MR) is 124 cm³/mol. The van der Waals surface area contributed by atoms with Crippen LogP contribution in [-0.4, -0.2) is 48.7 Å². The zero-order chi connectivity index (χ0) is 23.0. The normalized spacial score (nSPS) is 19.0. The largest absolute Gasteiger partial charge is 0.463 e. The number of nitrogens with zero attached hydrogens (tertiary/aromatic N) is 3. The van der Waals surface area contributed by atoms with Crippen molar-refractivity contribution in [1.29, 1.82) is 0 Å². The Morgan fingerprint density at radius 1 is 1.26 bits per heavy atom. The summed E-state index contributed by atoms with van der Waals surface area (Å²) in [5, 5.41) is 3.28. The molecule has 1 aliphatic rings. The Labute approximate surface area is 183 Å². The van der Waals surface area contributed by atoms with Gasteiger partial charge in [0.15, 0.2) is 5.84 Å². The van der Waals surface area contributed by atoms with Crippen LogP contribution in [0.2, 0.25) is 0 Å². The molecule has 0 aliphatic carbocycles. The maximum absolute atomic E-state index is 13.7. The van der Waals surface area contributed by atoms with E-state index in [1.54, 1.807) is 25.1 Å². The van der Waals surface area contributed by atoms with Crippen molar-refractivity contribution in [2.75, 3.05) is 26.2 Å². The van der Waals surface area contributed by atoms with Crippen molar-refractivity contribution < 1.29 is 13.9 Å². The quantitative estimate of drug-likeness (QED) is 0.454. The third-order valence-corrected chi connectivity index (χ3v) is 5.22. The van der Waals surface area contributed by atoms with Crippen LogP contribution < -0.4 is 5.32 Å². The maximum atomic E-state index is 13.7. The first kappa shape index (κ1) is 24.2. The Morgan fingerprint density at radius 3 is 2.42 bits per heavy atom. The molecule has 0 aromatic heterocycles. The molecular weight excluding hydrogens is 395 g/mol. The SMILES string of the molecule is C=CN=C(C=C)C1=NC(C)(c2ccc(F)cc2)C(C(=O)OCC)=C(CN(CC)CC)N1. The number of aliphatic imine (C=N–C) groups is 2. The van der Waals surface area contributed by atoms with E-state index < -0.39 is 11.5 Å². The van der Waals surface area contributed by atoms with Crippen LogP contribution in [0.5, 0.6) is 0 Å². The number of hydrogen-bond acceptors (Lipinski definition) is 6. The molecular formula is C24H31FN4O2. The van der Waals surface area contributed by atoms with E-state index in [1.165, 1.54) is 18.3 Å². The summed E-state index contributed by atoms with van der Waals surface area (Å²) in [7, 11) is 0. The molecule has 0 bridgehead atoms. The van der Waals surface area contributed by atoms with Crippen LogP contribution in [0.1, 0.15) is 33.3 Å². The lowest BCUT2D eigenvalue weighted by Crippen LogP contribution is -2.46. The molecule has 31 heavy (non-hydrogen) atoms. The minimum atomic E-state index is -1.12. The summed E-state index contributed by atoms with van der Waals surface area (Å²) in [6, 6.07) is 5.98. The van der Waals surface area contributed by atoms with Crippen LogP contribution in [0.15, 0.2) is 71.0 Å². The molecule has 1 aromatic carbocycles. The molecule has 1 aromatic rings. The average Bonchev–Trinajstić information content (AvgIpc) is 2.75. The van der Waals surface area contributed by atoms with Gasteiger partial charge in [-0.1, -0.05) is 39.1 Å². The first-order valence-electron chi connectivity index (χ1n) is 10.4. The molecule has 7 heteroatoms. The van der Waals surface area contributed by atoms with Gasteiger partial charge in [-0.15, -0.1) is 0 Å². The summed E-state index contributed by atoms with van der Waals surface area (Å²) in [4.78, 5) is 24.4. The number of esters is 1. The van der Waals surface area contributed by atoms with Gasteiger partial charge in [0.25, 0.3) is 0 Å². The van der Waals surface area contributed by atoms with E-state index in [9.17, 15) is 9.18 Å². The number of ether oxygens (including phenoxy) is 1. The molecule has 0 saturated heterocycles. The third kappa shape index (κ3) is 5.35. The van der Waals surface area contributed by atoms with Gasteiger partial charge in [0.05, 0.1) is 12.2 Å². The van der Waals surface area contributed by atoms with Crippen molar-refractivity contribution in [3.8, 4) is 0 Å². The highest BCUT2D eigenvalue weighted by molar-refractivity contribution is 6.46. The van der Waals surface area contributed by atoms with E-state index in [2.05, 4.69) is 42.2 Å². The fourth-order valence-corrected chi connectivity index (χ4v) is 3.53. The molecule has 1 unspecified atom stereocenters. The van der Waals surface area contributed by atoms with Gasteiger partial charge in [0.2, 0.25) is 0 Å². The number of benzene rings is 1. The zero-order valence-corrected chi connectivity index (χ0v) is 18.7. The van der Waals surface area contributed by atoms with Crippen LogP contribution in [-0.2, 0) is 15.1 Å². The monoisotopic (exact) mass is 426 g/mol.